The Morgan fingerprint density at radius 1 is 1.18 bits per heavy atom. The molecule has 9 heteroatoms. The van der Waals surface area contributed by atoms with Crippen LogP contribution in [0.5, 0.6) is 0 Å². The Labute approximate surface area is 163 Å². The first kappa shape index (κ1) is 19.7. The minimum atomic E-state index is -3.90. The molecule has 146 valence electrons. The third-order valence-electron chi connectivity index (χ3n) is 4.70. The van der Waals surface area contributed by atoms with Crippen LogP contribution in [0.1, 0.15) is 34.5 Å². The second kappa shape index (κ2) is 7.53. The highest BCUT2D eigenvalue weighted by Gasteiger charge is 2.21. The second-order valence-electron chi connectivity index (χ2n) is 6.55. The molecule has 0 radical (unpaired) electrons. The molecular weight excluding hydrogens is 378 g/mol. The van der Waals surface area contributed by atoms with Crippen LogP contribution in [0.2, 0.25) is 0 Å². The van der Waals surface area contributed by atoms with E-state index in [0.717, 1.165) is 11.3 Å². The van der Waals surface area contributed by atoms with Gasteiger partial charge >= 0.3 is 0 Å². The predicted molar refractivity (Wildman–Crippen MR) is 104 cm³/mol. The number of rotatable bonds is 5. The zero-order valence-electron chi connectivity index (χ0n) is 15.8. The molecule has 3 rings (SSSR count). The van der Waals surface area contributed by atoms with Crippen LogP contribution in [0.25, 0.3) is 5.69 Å². The molecule has 1 heterocycles. The van der Waals surface area contributed by atoms with Crippen molar-refractivity contribution in [3.63, 3.8) is 0 Å². The summed E-state index contributed by atoms with van der Waals surface area (Å²) in [6, 6.07) is 11.9. The van der Waals surface area contributed by atoms with E-state index in [9.17, 15) is 13.2 Å². The van der Waals surface area contributed by atoms with Gasteiger partial charge in [0.1, 0.15) is 12.7 Å². The molecule has 0 bridgehead atoms. The Morgan fingerprint density at radius 3 is 2.43 bits per heavy atom. The smallest absolute Gasteiger partial charge is 0.254 e. The molecule has 3 aromatic rings. The van der Waals surface area contributed by atoms with Gasteiger partial charge in [0.2, 0.25) is 10.0 Å². The molecule has 0 fully saturated rings. The number of carbonyl (C=O) groups excluding carboxylic acids is 1. The van der Waals surface area contributed by atoms with Crippen LogP contribution in [-0.2, 0) is 10.0 Å². The van der Waals surface area contributed by atoms with Crippen LogP contribution < -0.4 is 5.14 Å². The Hall–Kier alpha value is -3.04. The summed E-state index contributed by atoms with van der Waals surface area (Å²) >= 11 is 0. The van der Waals surface area contributed by atoms with Gasteiger partial charge in [-0.15, -0.1) is 0 Å². The van der Waals surface area contributed by atoms with Crippen molar-refractivity contribution in [2.45, 2.75) is 24.8 Å². The lowest BCUT2D eigenvalue weighted by Crippen LogP contribution is -2.30. The number of nitrogens with zero attached hydrogens (tertiary/aromatic N) is 4. The molecule has 8 nitrogen and oxygen atoms in total. The van der Waals surface area contributed by atoms with Crippen LogP contribution in [0.3, 0.4) is 0 Å². The molecule has 28 heavy (non-hydrogen) atoms. The molecule has 2 aromatic carbocycles. The van der Waals surface area contributed by atoms with Crippen LogP contribution >= 0.6 is 0 Å². The first-order valence-electron chi connectivity index (χ1n) is 8.54. The highest BCUT2D eigenvalue weighted by atomic mass is 32.2. The topological polar surface area (TPSA) is 111 Å². The van der Waals surface area contributed by atoms with E-state index in [1.54, 1.807) is 42.0 Å². The largest absolute Gasteiger partial charge is 0.335 e. The van der Waals surface area contributed by atoms with Gasteiger partial charge < -0.3 is 4.90 Å². The van der Waals surface area contributed by atoms with Gasteiger partial charge in [0.15, 0.2) is 0 Å². The lowest BCUT2D eigenvalue weighted by molar-refractivity contribution is 0.0742. The summed E-state index contributed by atoms with van der Waals surface area (Å²) in [6.45, 7) is 3.54. The summed E-state index contributed by atoms with van der Waals surface area (Å²) in [5.41, 5.74) is 2.55. The van der Waals surface area contributed by atoms with Gasteiger partial charge in [-0.2, -0.15) is 5.10 Å². The Bertz CT molecular complexity index is 1090. The molecule has 0 unspecified atom stereocenters. The monoisotopic (exact) mass is 399 g/mol. The number of aromatic nitrogens is 3. The van der Waals surface area contributed by atoms with E-state index in [1.807, 2.05) is 31.2 Å². The Kier molecular flexibility index (Phi) is 5.30. The van der Waals surface area contributed by atoms with Crippen LogP contribution in [0, 0.1) is 6.92 Å². The van der Waals surface area contributed by atoms with Crippen molar-refractivity contribution in [3.05, 3.63) is 71.8 Å². The number of amides is 1. The molecule has 2 N–H and O–H groups in total. The molecule has 1 atom stereocenters. The highest BCUT2D eigenvalue weighted by molar-refractivity contribution is 7.89. The zero-order chi connectivity index (χ0) is 20.5. The molecule has 0 aliphatic heterocycles. The Morgan fingerprint density at radius 2 is 1.86 bits per heavy atom. The number of benzene rings is 2. The Balaban J connectivity index is 1.83. The number of hydrogen-bond donors (Lipinski definition) is 1. The molecule has 0 saturated carbocycles. The third kappa shape index (κ3) is 3.95. The first-order chi connectivity index (χ1) is 13.2. The number of nitrogens with two attached hydrogens (primary N) is 1. The number of sulfonamides is 1. The van der Waals surface area contributed by atoms with Gasteiger partial charge in [0.05, 0.1) is 16.6 Å². The van der Waals surface area contributed by atoms with Crippen molar-refractivity contribution in [2.24, 2.45) is 5.14 Å². The summed E-state index contributed by atoms with van der Waals surface area (Å²) in [5.74, 6) is -0.294. The quantitative estimate of drug-likeness (QED) is 0.706. The summed E-state index contributed by atoms with van der Waals surface area (Å²) < 4.78 is 25.1. The normalized spacial score (nSPS) is 12.6. The van der Waals surface area contributed by atoms with E-state index in [0.29, 0.717) is 5.56 Å². The molecule has 0 aliphatic carbocycles. The van der Waals surface area contributed by atoms with E-state index < -0.39 is 10.0 Å². The van der Waals surface area contributed by atoms with Crippen LogP contribution in [0.4, 0.5) is 0 Å². The fourth-order valence-corrected chi connectivity index (χ4v) is 3.70. The lowest BCUT2D eigenvalue weighted by atomic mass is 10.1. The number of aryl methyl sites for hydroxylation is 1. The summed E-state index contributed by atoms with van der Waals surface area (Å²) in [7, 11) is -2.22. The summed E-state index contributed by atoms with van der Waals surface area (Å²) in [5, 5.41) is 9.32. The average molecular weight is 399 g/mol. The van der Waals surface area contributed by atoms with Crippen molar-refractivity contribution >= 4 is 15.9 Å². The second-order valence-corrected chi connectivity index (χ2v) is 8.08. The van der Waals surface area contributed by atoms with Crippen molar-refractivity contribution in [1.82, 2.24) is 19.7 Å². The fourth-order valence-electron chi connectivity index (χ4n) is 2.89. The predicted octanol–water partition coefficient (Wildman–Crippen LogP) is 2.06. The third-order valence-corrected chi connectivity index (χ3v) is 5.75. The fraction of sp³-hybridized carbons (Fsp3) is 0.211. The van der Waals surface area contributed by atoms with Gasteiger partial charge in [0, 0.05) is 12.6 Å². The van der Waals surface area contributed by atoms with E-state index in [2.05, 4.69) is 10.1 Å². The first-order valence-corrected chi connectivity index (χ1v) is 10.1. The maximum Gasteiger partial charge on any atom is 0.254 e. The lowest BCUT2D eigenvalue weighted by Gasteiger charge is -2.26. The van der Waals surface area contributed by atoms with E-state index in [-0.39, 0.29) is 22.4 Å². The van der Waals surface area contributed by atoms with Crippen LogP contribution in [-0.4, -0.2) is 41.0 Å². The number of primary sulfonamides is 1. The number of hydrogen-bond acceptors (Lipinski definition) is 5. The zero-order valence-corrected chi connectivity index (χ0v) is 16.6. The van der Waals surface area contributed by atoms with Gasteiger partial charge in [-0.1, -0.05) is 18.2 Å². The highest BCUT2D eigenvalue weighted by Crippen LogP contribution is 2.23. The minimum absolute atomic E-state index is 0.0448. The van der Waals surface area contributed by atoms with Crippen molar-refractivity contribution < 1.29 is 13.2 Å². The van der Waals surface area contributed by atoms with Gasteiger partial charge in [-0.05, 0) is 49.2 Å². The summed E-state index contributed by atoms with van der Waals surface area (Å²) in [4.78, 5) is 18.3. The molecule has 0 spiro atoms. The van der Waals surface area contributed by atoms with Gasteiger partial charge in [-0.25, -0.2) is 23.2 Å². The summed E-state index contributed by atoms with van der Waals surface area (Å²) in [6.07, 6.45) is 3.06. The molecule has 1 aromatic heterocycles. The molecule has 1 amide bonds. The van der Waals surface area contributed by atoms with Gasteiger partial charge in [0.25, 0.3) is 5.91 Å². The van der Waals surface area contributed by atoms with Crippen molar-refractivity contribution in [3.8, 4) is 5.69 Å². The maximum atomic E-state index is 12.9. The van der Waals surface area contributed by atoms with E-state index >= 15 is 0 Å². The maximum absolute atomic E-state index is 12.9. The number of carbonyl (C=O) groups is 1. The average Bonchev–Trinajstić information content (AvgIpc) is 3.20. The molecule has 0 aliphatic rings. The van der Waals surface area contributed by atoms with E-state index in [4.69, 9.17) is 5.14 Å². The van der Waals surface area contributed by atoms with Crippen LogP contribution in [0.15, 0.2) is 60.0 Å². The van der Waals surface area contributed by atoms with Gasteiger partial charge in [-0.3, -0.25) is 4.79 Å². The minimum Gasteiger partial charge on any atom is -0.335 e. The van der Waals surface area contributed by atoms with E-state index in [1.165, 1.54) is 12.4 Å². The van der Waals surface area contributed by atoms with Crippen molar-refractivity contribution in [2.75, 3.05) is 7.05 Å². The molecule has 0 saturated heterocycles. The SMILES string of the molecule is Cc1ccc(C(=O)N(C)[C@H](C)c2ccc(-n3cncn3)cc2)cc1S(N)(=O)=O. The van der Waals surface area contributed by atoms with Crippen molar-refractivity contribution in [1.29, 1.82) is 0 Å². The standard InChI is InChI=1S/C19H21N5O3S/c1-13-4-5-16(10-18(13)28(20,26)27)19(25)23(3)14(2)15-6-8-17(9-7-15)24-12-21-11-22-24/h4-12,14H,1-3H3,(H2,20,26,27)/t14-/m1/s1. The molecular formula is C19H21N5O3S.